The zero-order valence-electron chi connectivity index (χ0n) is 9.41. The highest BCUT2D eigenvalue weighted by molar-refractivity contribution is 5.62. The summed E-state index contributed by atoms with van der Waals surface area (Å²) in [5.41, 5.74) is 1.80. The third-order valence-corrected chi connectivity index (χ3v) is 2.52. The molecule has 0 atom stereocenters. The first kappa shape index (κ1) is 9.83. The molecule has 0 aliphatic rings. The highest BCUT2D eigenvalue weighted by Gasteiger charge is 2.03. The highest BCUT2D eigenvalue weighted by Crippen LogP contribution is 2.11. The zero-order valence-corrected chi connectivity index (χ0v) is 9.41. The third kappa shape index (κ3) is 1.84. The predicted molar refractivity (Wildman–Crippen MR) is 63.5 cm³/mol. The summed E-state index contributed by atoms with van der Waals surface area (Å²) < 4.78 is 3.70. The summed E-state index contributed by atoms with van der Waals surface area (Å²) in [6.07, 6.45) is 9.18. The second-order valence-electron chi connectivity index (χ2n) is 3.77. The second kappa shape index (κ2) is 3.89. The van der Waals surface area contributed by atoms with Crippen LogP contribution in [0.2, 0.25) is 0 Å². The first-order valence-electron chi connectivity index (χ1n) is 5.33. The van der Waals surface area contributed by atoms with Gasteiger partial charge in [-0.15, -0.1) is 0 Å². The Bertz CT molecular complexity index is 638. The molecule has 3 heterocycles. The molecule has 17 heavy (non-hydrogen) atoms. The fourth-order valence-electron chi connectivity index (χ4n) is 1.71. The SMILES string of the molecule is Cn1ccc(CNc2nccn3ccnc23)n1. The van der Waals surface area contributed by atoms with E-state index in [-0.39, 0.29) is 0 Å². The Morgan fingerprint density at radius 2 is 2.00 bits per heavy atom. The van der Waals surface area contributed by atoms with Crippen LogP contribution in [0.5, 0.6) is 0 Å². The Kier molecular flexibility index (Phi) is 2.25. The van der Waals surface area contributed by atoms with Crippen LogP contribution in [0.1, 0.15) is 5.69 Å². The van der Waals surface area contributed by atoms with Gasteiger partial charge in [0.2, 0.25) is 0 Å². The van der Waals surface area contributed by atoms with Crippen molar-refractivity contribution in [1.29, 1.82) is 0 Å². The Morgan fingerprint density at radius 1 is 1.18 bits per heavy atom. The van der Waals surface area contributed by atoms with Gasteiger partial charge in [-0.05, 0) is 6.07 Å². The third-order valence-electron chi connectivity index (χ3n) is 2.52. The largest absolute Gasteiger partial charge is 0.361 e. The Balaban J connectivity index is 1.83. The molecule has 0 saturated heterocycles. The van der Waals surface area contributed by atoms with Crippen molar-refractivity contribution >= 4 is 11.5 Å². The van der Waals surface area contributed by atoms with Gasteiger partial charge in [0.1, 0.15) is 0 Å². The van der Waals surface area contributed by atoms with E-state index in [1.165, 1.54) is 0 Å². The van der Waals surface area contributed by atoms with Gasteiger partial charge in [-0.1, -0.05) is 0 Å². The monoisotopic (exact) mass is 228 g/mol. The minimum atomic E-state index is 0.639. The number of nitrogens with zero attached hydrogens (tertiary/aromatic N) is 5. The van der Waals surface area contributed by atoms with E-state index in [1.54, 1.807) is 17.1 Å². The maximum Gasteiger partial charge on any atom is 0.180 e. The van der Waals surface area contributed by atoms with E-state index < -0.39 is 0 Å². The predicted octanol–water partition coefficient (Wildman–Crippen LogP) is 1.07. The van der Waals surface area contributed by atoms with Gasteiger partial charge in [0.25, 0.3) is 0 Å². The molecule has 0 aliphatic carbocycles. The summed E-state index contributed by atoms with van der Waals surface area (Å²) in [5, 5.41) is 7.53. The molecule has 3 rings (SSSR count). The number of aromatic nitrogens is 5. The fraction of sp³-hybridized carbons (Fsp3) is 0.182. The number of hydrogen-bond acceptors (Lipinski definition) is 4. The standard InChI is InChI=1S/C11H12N6/c1-16-5-2-9(15-16)8-14-10-11-13-4-7-17(11)6-3-12-10/h2-7H,8H2,1H3,(H,12,14). The summed E-state index contributed by atoms with van der Waals surface area (Å²) in [5.74, 6) is 0.767. The van der Waals surface area contributed by atoms with Gasteiger partial charge in [-0.2, -0.15) is 5.10 Å². The van der Waals surface area contributed by atoms with E-state index in [4.69, 9.17) is 0 Å². The lowest BCUT2D eigenvalue weighted by Crippen LogP contribution is -2.04. The quantitative estimate of drug-likeness (QED) is 0.728. The number of rotatable bonds is 3. The molecule has 0 bridgehead atoms. The highest BCUT2D eigenvalue weighted by atomic mass is 15.3. The van der Waals surface area contributed by atoms with E-state index in [2.05, 4.69) is 20.4 Å². The van der Waals surface area contributed by atoms with Crippen molar-refractivity contribution in [3.63, 3.8) is 0 Å². The Labute approximate surface area is 97.9 Å². The van der Waals surface area contributed by atoms with Crippen molar-refractivity contribution in [3.05, 3.63) is 42.7 Å². The molecule has 0 unspecified atom stereocenters. The van der Waals surface area contributed by atoms with Crippen molar-refractivity contribution in [3.8, 4) is 0 Å². The summed E-state index contributed by atoms with van der Waals surface area (Å²) >= 11 is 0. The molecule has 3 aromatic rings. The average Bonchev–Trinajstić information content (AvgIpc) is 2.94. The van der Waals surface area contributed by atoms with Crippen molar-refractivity contribution in [2.75, 3.05) is 5.32 Å². The van der Waals surface area contributed by atoms with Gasteiger partial charge in [0.15, 0.2) is 11.5 Å². The first-order valence-corrected chi connectivity index (χ1v) is 5.33. The van der Waals surface area contributed by atoms with Gasteiger partial charge in [-0.3, -0.25) is 4.68 Å². The van der Waals surface area contributed by atoms with Gasteiger partial charge >= 0.3 is 0 Å². The minimum absolute atomic E-state index is 0.639. The van der Waals surface area contributed by atoms with Crippen LogP contribution in [0.3, 0.4) is 0 Å². The van der Waals surface area contributed by atoms with Gasteiger partial charge in [-0.25, -0.2) is 9.97 Å². The fourth-order valence-corrected chi connectivity index (χ4v) is 1.71. The number of anilines is 1. The summed E-state index contributed by atoms with van der Waals surface area (Å²) in [4.78, 5) is 8.52. The summed E-state index contributed by atoms with van der Waals surface area (Å²) in [7, 11) is 1.90. The number of nitrogens with one attached hydrogen (secondary N) is 1. The average molecular weight is 228 g/mol. The van der Waals surface area contributed by atoms with E-state index in [0.717, 1.165) is 17.2 Å². The van der Waals surface area contributed by atoms with Crippen LogP contribution in [0.4, 0.5) is 5.82 Å². The van der Waals surface area contributed by atoms with Crippen LogP contribution in [0.25, 0.3) is 5.65 Å². The molecule has 6 heteroatoms. The van der Waals surface area contributed by atoms with Gasteiger partial charge in [0.05, 0.1) is 12.2 Å². The smallest absolute Gasteiger partial charge is 0.180 e. The van der Waals surface area contributed by atoms with Crippen LogP contribution in [0, 0.1) is 0 Å². The number of aryl methyl sites for hydroxylation is 1. The van der Waals surface area contributed by atoms with Crippen LogP contribution >= 0.6 is 0 Å². The molecular formula is C11H12N6. The molecule has 0 aliphatic heterocycles. The maximum atomic E-state index is 4.29. The van der Waals surface area contributed by atoms with Crippen molar-refractivity contribution in [1.82, 2.24) is 24.1 Å². The number of hydrogen-bond donors (Lipinski definition) is 1. The summed E-state index contributed by atoms with van der Waals surface area (Å²) in [6, 6.07) is 1.97. The lowest BCUT2D eigenvalue weighted by Gasteiger charge is -2.04. The van der Waals surface area contributed by atoms with Crippen LogP contribution < -0.4 is 5.32 Å². The van der Waals surface area contributed by atoms with Gasteiger partial charge < -0.3 is 9.72 Å². The summed E-state index contributed by atoms with van der Waals surface area (Å²) in [6.45, 7) is 0.639. The molecule has 0 amide bonds. The first-order chi connectivity index (χ1) is 8.33. The van der Waals surface area contributed by atoms with Crippen molar-refractivity contribution in [2.24, 2.45) is 7.05 Å². The molecule has 0 radical (unpaired) electrons. The van der Waals surface area contributed by atoms with E-state index in [0.29, 0.717) is 6.54 Å². The molecular weight excluding hydrogens is 216 g/mol. The van der Waals surface area contributed by atoms with E-state index >= 15 is 0 Å². The topological polar surface area (TPSA) is 60.0 Å². The molecule has 86 valence electrons. The molecule has 0 saturated carbocycles. The van der Waals surface area contributed by atoms with Crippen LogP contribution in [-0.2, 0) is 13.6 Å². The van der Waals surface area contributed by atoms with Gasteiger partial charge in [0, 0.05) is 38.0 Å². The molecule has 0 spiro atoms. The Morgan fingerprint density at radius 3 is 2.76 bits per heavy atom. The number of imidazole rings is 1. The Hall–Kier alpha value is -2.37. The van der Waals surface area contributed by atoms with Crippen molar-refractivity contribution < 1.29 is 0 Å². The lowest BCUT2D eigenvalue weighted by molar-refractivity contribution is 0.747. The molecule has 6 nitrogen and oxygen atoms in total. The second-order valence-corrected chi connectivity index (χ2v) is 3.77. The van der Waals surface area contributed by atoms with Crippen LogP contribution in [-0.4, -0.2) is 24.1 Å². The van der Waals surface area contributed by atoms with Crippen LogP contribution in [0.15, 0.2) is 37.1 Å². The lowest BCUT2D eigenvalue weighted by atomic mass is 10.4. The molecule has 0 fully saturated rings. The zero-order chi connectivity index (χ0) is 11.7. The normalized spacial score (nSPS) is 10.9. The van der Waals surface area contributed by atoms with E-state index in [9.17, 15) is 0 Å². The molecule has 3 aromatic heterocycles. The van der Waals surface area contributed by atoms with Crippen molar-refractivity contribution in [2.45, 2.75) is 6.54 Å². The number of fused-ring (bicyclic) bond motifs is 1. The van der Waals surface area contributed by atoms with E-state index in [1.807, 2.05) is 36.1 Å². The molecule has 1 N–H and O–H groups in total. The maximum absolute atomic E-state index is 4.29. The minimum Gasteiger partial charge on any atom is -0.361 e. The molecule has 0 aromatic carbocycles.